The average Bonchev–Trinajstić information content (AvgIpc) is 3.16. The molecule has 0 aliphatic carbocycles. The Hall–Kier alpha value is -1.63. The van der Waals surface area contributed by atoms with Gasteiger partial charge in [0.1, 0.15) is 5.75 Å². The lowest BCUT2D eigenvalue weighted by molar-refractivity contribution is -0.147. The van der Waals surface area contributed by atoms with Gasteiger partial charge < -0.3 is 15.2 Å². The monoisotopic (exact) mass is 348 g/mol. The minimum Gasteiger partial charge on any atom is -0.494 e. The van der Waals surface area contributed by atoms with Gasteiger partial charge >= 0.3 is 5.97 Å². The van der Waals surface area contributed by atoms with Gasteiger partial charge in [-0.1, -0.05) is 12.1 Å². The first kappa shape index (κ1) is 18.2. The largest absolute Gasteiger partial charge is 0.494 e. The number of ether oxygens (including phenoxy) is 1. The fourth-order valence-corrected chi connectivity index (χ4v) is 3.58. The molecule has 0 aromatic heterocycles. The topological polar surface area (TPSA) is 79.8 Å². The normalized spacial score (nSPS) is 22.6. The summed E-state index contributed by atoms with van der Waals surface area (Å²) >= 11 is 0. The molecule has 0 amide bonds. The molecule has 6 nitrogen and oxygen atoms in total. The van der Waals surface area contributed by atoms with Crippen LogP contribution in [0.2, 0.25) is 0 Å². The Balaban J connectivity index is 1.46. The van der Waals surface area contributed by atoms with Gasteiger partial charge in [-0.15, -0.1) is 0 Å². The standard InChI is InChI=1S/C19H28N2O4/c22-19(23)17(18-7-11-21-25-18)13-15-1-3-16(4-2-15)24-12-8-14-5-9-20-10-6-14/h1-4,14,17-18,20-21H,5-13H2,(H,22,23). The van der Waals surface area contributed by atoms with Crippen molar-refractivity contribution < 1.29 is 19.5 Å². The van der Waals surface area contributed by atoms with E-state index in [0.29, 0.717) is 13.0 Å². The van der Waals surface area contributed by atoms with Crippen molar-refractivity contribution in [3.63, 3.8) is 0 Å². The van der Waals surface area contributed by atoms with Crippen molar-refractivity contribution in [1.29, 1.82) is 0 Å². The van der Waals surface area contributed by atoms with Gasteiger partial charge in [-0.25, -0.2) is 5.48 Å². The Bertz CT molecular complexity index is 537. The second-order valence-electron chi connectivity index (χ2n) is 6.96. The number of rotatable bonds is 8. The van der Waals surface area contributed by atoms with Gasteiger partial charge in [0.05, 0.1) is 18.6 Å². The van der Waals surface area contributed by atoms with Crippen molar-refractivity contribution in [2.45, 2.75) is 38.2 Å². The van der Waals surface area contributed by atoms with E-state index in [1.165, 1.54) is 12.8 Å². The lowest BCUT2D eigenvalue weighted by Crippen LogP contribution is -2.30. The summed E-state index contributed by atoms with van der Waals surface area (Å²) in [7, 11) is 0. The summed E-state index contributed by atoms with van der Waals surface area (Å²) in [5, 5.41) is 12.8. The maximum atomic E-state index is 11.5. The van der Waals surface area contributed by atoms with Crippen LogP contribution in [0.3, 0.4) is 0 Å². The summed E-state index contributed by atoms with van der Waals surface area (Å²) in [5.74, 6) is 0.276. The molecule has 2 aliphatic rings. The number of benzene rings is 1. The van der Waals surface area contributed by atoms with Crippen molar-refractivity contribution in [2.24, 2.45) is 11.8 Å². The van der Waals surface area contributed by atoms with E-state index >= 15 is 0 Å². The highest BCUT2D eigenvalue weighted by atomic mass is 16.7. The van der Waals surface area contributed by atoms with Gasteiger partial charge in [-0.05, 0) is 68.8 Å². The third-order valence-corrected chi connectivity index (χ3v) is 5.16. The molecule has 3 N–H and O–H groups in total. The Morgan fingerprint density at radius 3 is 2.60 bits per heavy atom. The number of carbonyl (C=O) groups is 1. The van der Waals surface area contributed by atoms with Crippen LogP contribution < -0.4 is 15.5 Å². The quantitative estimate of drug-likeness (QED) is 0.667. The van der Waals surface area contributed by atoms with Crippen LogP contribution in [0.15, 0.2) is 24.3 Å². The third kappa shape index (κ3) is 5.42. The summed E-state index contributed by atoms with van der Waals surface area (Å²) in [6, 6.07) is 7.78. The number of hydrogen-bond donors (Lipinski definition) is 3. The van der Waals surface area contributed by atoms with Crippen molar-refractivity contribution in [3.8, 4) is 5.75 Å². The molecule has 2 saturated heterocycles. The zero-order chi connectivity index (χ0) is 17.5. The van der Waals surface area contributed by atoms with Gasteiger partial charge in [0.2, 0.25) is 0 Å². The Kier molecular flexibility index (Phi) is 6.67. The van der Waals surface area contributed by atoms with E-state index in [1.54, 1.807) is 0 Å². The molecule has 25 heavy (non-hydrogen) atoms. The molecule has 2 atom stereocenters. The summed E-state index contributed by atoms with van der Waals surface area (Å²) in [4.78, 5) is 16.8. The van der Waals surface area contributed by atoms with Crippen LogP contribution in [-0.4, -0.2) is 43.4 Å². The first-order valence-electron chi connectivity index (χ1n) is 9.26. The number of aliphatic carboxylic acids is 1. The third-order valence-electron chi connectivity index (χ3n) is 5.16. The van der Waals surface area contributed by atoms with E-state index in [0.717, 1.165) is 49.8 Å². The van der Waals surface area contributed by atoms with Crippen LogP contribution in [0.4, 0.5) is 0 Å². The van der Waals surface area contributed by atoms with Crippen LogP contribution in [-0.2, 0) is 16.1 Å². The highest BCUT2D eigenvalue weighted by molar-refractivity contribution is 5.71. The van der Waals surface area contributed by atoms with E-state index in [1.807, 2.05) is 24.3 Å². The number of nitrogens with one attached hydrogen (secondary N) is 2. The minimum atomic E-state index is -0.809. The molecular weight excluding hydrogens is 320 g/mol. The van der Waals surface area contributed by atoms with Gasteiger partial charge in [0, 0.05) is 6.54 Å². The van der Waals surface area contributed by atoms with Crippen molar-refractivity contribution >= 4 is 5.97 Å². The number of piperidine rings is 1. The summed E-state index contributed by atoms with van der Waals surface area (Å²) in [5.41, 5.74) is 3.76. The summed E-state index contributed by atoms with van der Waals surface area (Å²) in [6.07, 6.45) is 4.49. The van der Waals surface area contributed by atoms with E-state index in [4.69, 9.17) is 9.57 Å². The SMILES string of the molecule is O=C(O)C(Cc1ccc(OCCC2CCNCC2)cc1)C1CCNO1. The second kappa shape index (κ2) is 9.17. The number of hydroxylamine groups is 1. The summed E-state index contributed by atoms with van der Waals surface area (Å²) in [6.45, 7) is 3.68. The van der Waals surface area contributed by atoms with E-state index in [2.05, 4.69) is 10.8 Å². The van der Waals surface area contributed by atoms with Crippen LogP contribution in [0, 0.1) is 11.8 Å². The smallest absolute Gasteiger partial charge is 0.309 e. The molecule has 2 aliphatic heterocycles. The lowest BCUT2D eigenvalue weighted by Gasteiger charge is -2.22. The molecule has 1 aromatic rings. The van der Waals surface area contributed by atoms with Gasteiger partial charge in [-0.2, -0.15) is 0 Å². The maximum Gasteiger partial charge on any atom is 0.309 e. The molecule has 138 valence electrons. The van der Waals surface area contributed by atoms with Crippen LogP contribution in [0.1, 0.15) is 31.2 Å². The van der Waals surface area contributed by atoms with Gasteiger partial charge in [-0.3, -0.25) is 9.63 Å². The molecule has 2 fully saturated rings. The molecule has 0 spiro atoms. The number of hydrogen-bond acceptors (Lipinski definition) is 5. The highest BCUT2D eigenvalue weighted by Crippen LogP contribution is 2.22. The molecular formula is C19H28N2O4. The predicted octanol–water partition coefficient (Wildman–Crippen LogP) is 1.99. The predicted molar refractivity (Wildman–Crippen MR) is 94.5 cm³/mol. The minimum absolute atomic E-state index is 0.265. The van der Waals surface area contributed by atoms with Crippen molar-refractivity contribution in [2.75, 3.05) is 26.2 Å². The first-order chi connectivity index (χ1) is 12.2. The van der Waals surface area contributed by atoms with Crippen molar-refractivity contribution in [1.82, 2.24) is 10.8 Å². The van der Waals surface area contributed by atoms with Crippen LogP contribution in [0.25, 0.3) is 0 Å². The van der Waals surface area contributed by atoms with Crippen LogP contribution >= 0.6 is 0 Å². The van der Waals surface area contributed by atoms with E-state index in [-0.39, 0.29) is 6.10 Å². The Morgan fingerprint density at radius 2 is 1.96 bits per heavy atom. The van der Waals surface area contributed by atoms with Gasteiger partial charge in [0.25, 0.3) is 0 Å². The second-order valence-corrected chi connectivity index (χ2v) is 6.96. The fourth-order valence-electron chi connectivity index (χ4n) is 3.58. The zero-order valence-electron chi connectivity index (χ0n) is 14.6. The van der Waals surface area contributed by atoms with Crippen molar-refractivity contribution in [3.05, 3.63) is 29.8 Å². The number of carboxylic acids is 1. The molecule has 2 unspecified atom stereocenters. The molecule has 6 heteroatoms. The van der Waals surface area contributed by atoms with E-state index in [9.17, 15) is 9.90 Å². The van der Waals surface area contributed by atoms with Gasteiger partial charge in [0.15, 0.2) is 0 Å². The maximum absolute atomic E-state index is 11.5. The first-order valence-corrected chi connectivity index (χ1v) is 9.26. The Morgan fingerprint density at radius 1 is 1.20 bits per heavy atom. The van der Waals surface area contributed by atoms with E-state index < -0.39 is 11.9 Å². The Labute approximate surface area is 148 Å². The highest BCUT2D eigenvalue weighted by Gasteiger charge is 2.32. The van der Waals surface area contributed by atoms with Crippen LogP contribution in [0.5, 0.6) is 5.75 Å². The molecule has 0 bridgehead atoms. The molecule has 3 rings (SSSR count). The zero-order valence-corrected chi connectivity index (χ0v) is 14.6. The molecule has 0 radical (unpaired) electrons. The molecule has 0 saturated carbocycles. The number of carboxylic acid groups (broad SMARTS) is 1. The average molecular weight is 348 g/mol. The fraction of sp³-hybridized carbons (Fsp3) is 0.632. The summed E-state index contributed by atoms with van der Waals surface area (Å²) < 4.78 is 5.84. The molecule has 1 aromatic carbocycles. The molecule has 2 heterocycles. The lowest BCUT2D eigenvalue weighted by atomic mass is 9.92.